The number of nitrogens with zero attached hydrogens (tertiary/aromatic N) is 5. The van der Waals surface area contributed by atoms with E-state index in [0.29, 0.717) is 16.4 Å². The van der Waals surface area contributed by atoms with Crippen LogP contribution in [-0.4, -0.2) is 26.1 Å². The van der Waals surface area contributed by atoms with Gasteiger partial charge in [-0.15, -0.1) is 21.5 Å². The van der Waals surface area contributed by atoms with Gasteiger partial charge in [0, 0.05) is 10.4 Å². The summed E-state index contributed by atoms with van der Waals surface area (Å²) in [6, 6.07) is 11.7. The highest BCUT2D eigenvalue weighted by atomic mass is 32.1. The van der Waals surface area contributed by atoms with Crippen LogP contribution in [0.4, 0.5) is 5.00 Å². The van der Waals surface area contributed by atoms with E-state index in [1.807, 2.05) is 30.3 Å². The fourth-order valence-electron chi connectivity index (χ4n) is 2.92. The SMILES string of the molecule is N#Cc1c(NC(=O)Cn2nnc(-c3ccccc3)n2)sc2c1CCC2. The summed E-state index contributed by atoms with van der Waals surface area (Å²) < 4.78 is 0. The van der Waals surface area contributed by atoms with Crippen molar-refractivity contribution in [3.8, 4) is 17.5 Å². The van der Waals surface area contributed by atoms with Gasteiger partial charge in [0.2, 0.25) is 11.7 Å². The number of hydrogen-bond acceptors (Lipinski definition) is 6. The predicted octanol–water partition coefficient (Wildman–Crippen LogP) is 2.40. The quantitative estimate of drug-likeness (QED) is 0.779. The molecule has 1 aromatic carbocycles. The Balaban J connectivity index is 1.47. The number of aromatic nitrogens is 4. The molecule has 8 heteroatoms. The van der Waals surface area contributed by atoms with Crippen molar-refractivity contribution in [3.05, 3.63) is 46.3 Å². The number of benzene rings is 1. The minimum Gasteiger partial charge on any atom is -0.315 e. The molecular formula is C17H14N6OS. The zero-order valence-electron chi connectivity index (χ0n) is 13.3. The first-order chi connectivity index (χ1) is 12.2. The Morgan fingerprint density at radius 1 is 1.32 bits per heavy atom. The molecule has 2 aromatic heterocycles. The highest BCUT2D eigenvalue weighted by molar-refractivity contribution is 7.16. The van der Waals surface area contributed by atoms with Gasteiger partial charge in [0.1, 0.15) is 17.6 Å². The molecule has 2 heterocycles. The molecule has 0 unspecified atom stereocenters. The van der Waals surface area contributed by atoms with E-state index in [4.69, 9.17) is 0 Å². The Hall–Kier alpha value is -3.05. The largest absolute Gasteiger partial charge is 0.315 e. The van der Waals surface area contributed by atoms with Crippen molar-refractivity contribution in [1.29, 1.82) is 5.26 Å². The van der Waals surface area contributed by atoms with Gasteiger partial charge < -0.3 is 5.32 Å². The van der Waals surface area contributed by atoms with Gasteiger partial charge in [-0.25, -0.2) is 0 Å². The maximum atomic E-state index is 12.3. The molecule has 0 atom stereocenters. The number of rotatable bonds is 4. The van der Waals surface area contributed by atoms with Crippen molar-refractivity contribution < 1.29 is 4.79 Å². The van der Waals surface area contributed by atoms with Crippen molar-refractivity contribution >= 4 is 22.2 Å². The number of nitriles is 1. The minimum atomic E-state index is -0.270. The lowest BCUT2D eigenvalue weighted by Gasteiger charge is -2.03. The monoisotopic (exact) mass is 350 g/mol. The third kappa shape index (κ3) is 3.02. The number of thiophene rings is 1. The summed E-state index contributed by atoms with van der Waals surface area (Å²) in [5, 5.41) is 24.9. The number of anilines is 1. The van der Waals surface area contributed by atoms with Gasteiger partial charge in [-0.05, 0) is 30.0 Å². The molecule has 0 saturated heterocycles. The number of carbonyl (C=O) groups is 1. The van der Waals surface area contributed by atoms with Crippen LogP contribution in [0.15, 0.2) is 30.3 Å². The standard InChI is InChI=1S/C17H14N6OS/c18-9-13-12-7-4-8-14(12)25-17(13)19-15(24)10-23-21-16(20-22-23)11-5-2-1-3-6-11/h1-3,5-6H,4,7-8,10H2,(H,19,24). The van der Waals surface area contributed by atoms with Crippen LogP contribution < -0.4 is 5.32 Å². The normalized spacial score (nSPS) is 12.6. The van der Waals surface area contributed by atoms with E-state index >= 15 is 0 Å². The van der Waals surface area contributed by atoms with E-state index in [2.05, 4.69) is 26.8 Å². The lowest BCUT2D eigenvalue weighted by atomic mass is 10.1. The van der Waals surface area contributed by atoms with Crippen LogP contribution in [-0.2, 0) is 24.2 Å². The topological polar surface area (TPSA) is 96.5 Å². The summed E-state index contributed by atoms with van der Waals surface area (Å²) in [5.74, 6) is 0.203. The van der Waals surface area contributed by atoms with Gasteiger partial charge in [0.05, 0.1) is 5.56 Å². The first-order valence-electron chi connectivity index (χ1n) is 7.92. The average Bonchev–Trinajstić information content (AvgIpc) is 3.31. The van der Waals surface area contributed by atoms with Crippen LogP contribution >= 0.6 is 11.3 Å². The molecule has 124 valence electrons. The van der Waals surface area contributed by atoms with Gasteiger partial charge in [0.15, 0.2) is 0 Å². The van der Waals surface area contributed by atoms with Gasteiger partial charge in [-0.2, -0.15) is 10.1 Å². The van der Waals surface area contributed by atoms with Gasteiger partial charge in [-0.1, -0.05) is 30.3 Å². The molecule has 1 amide bonds. The number of fused-ring (bicyclic) bond motifs is 1. The third-order valence-corrected chi connectivity index (χ3v) is 5.26. The van der Waals surface area contributed by atoms with Gasteiger partial charge in [0.25, 0.3) is 0 Å². The molecule has 1 aliphatic rings. The summed E-state index contributed by atoms with van der Waals surface area (Å²) >= 11 is 1.49. The molecule has 0 spiro atoms. The van der Waals surface area contributed by atoms with Crippen molar-refractivity contribution in [2.24, 2.45) is 0 Å². The Kier molecular flexibility index (Phi) is 3.99. The molecular weight excluding hydrogens is 336 g/mol. The molecule has 1 aliphatic carbocycles. The smallest absolute Gasteiger partial charge is 0.248 e. The van der Waals surface area contributed by atoms with Gasteiger partial charge >= 0.3 is 0 Å². The summed E-state index contributed by atoms with van der Waals surface area (Å²) in [7, 11) is 0. The summed E-state index contributed by atoms with van der Waals surface area (Å²) in [5.41, 5.74) is 2.53. The fourth-order valence-corrected chi connectivity index (χ4v) is 4.17. The number of amides is 1. The number of carbonyl (C=O) groups excluding carboxylic acids is 1. The van der Waals surface area contributed by atoms with E-state index in [-0.39, 0.29) is 12.5 Å². The molecule has 25 heavy (non-hydrogen) atoms. The zero-order chi connectivity index (χ0) is 17.2. The maximum absolute atomic E-state index is 12.3. The molecule has 0 bridgehead atoms. The second kappa shape index (κ2) is 6.45. The molecule has 3 aromatic rings. The lowest BCUT2D eigenvalue weighted by molar-refractivity contribution is -0.117. The fraction of sp³-hybridized carbons (Fsp3) is 0.235. The van der Waals surface area contributed by atoms with Crippen molar-refractivity contribution in [1.82, 2.24) is 20.2 Å². The van der Waals surface area contributed by atoms with Crippen LogP contribution in [0.3, 0.4) is 0 Å². The molecule has 4 rings (SSSR count). The van der Waals surface area contributed by atoms with Gasteiger partial charge in [-0.3, -0.25) is 4.79 Å². The van der Waals surface area contributed by atoms with Crippen LogP contribution in [0, 0.1) is 11.3 Å². The first kappa shape index (κ1) is 15.5. The van der Waals surface area contributed by atoms with Crippen LogP contribution in [0.5, 0.6) is 0 Å². The van der Waals surface area contributed by atoms with Crippen LogP contribution in [0.2, 0.25) is 0 Å². The first-order valence-corrected chi connectivity index (χ1v) is 8.74. The lowest BCUT2D eigenvalue weighted by Crippen LogP contribution is -2.20. The van der Waals surface area contributed by atoms with Crippen LogP contribution in [0.1, 0.15) is 22.4 Å². The average molecular weight is 350 g/mol. The molecule has 1 N–H and O–H groups in total. The molecule has 7 nitrogen and oxygen atoms in total. The third-order valence-electron chi connectivity index (χ3n) is 4.06. The Morgan fingerprint density at radius 2 is 2.16 bits per heavy atom. The number of hydrogen-bond donors (Lipinski definition) is 1. The highest BCUT2D eigenvalue weighted by Crippen LogP contribution is 2.38. The van der Waals surface area contributed by atoms with E-state index in [9.17, 15) is 10.1 Å². The number of nitrogens with one attached hydrogen (secondary N) is 1. The zero-order valence-corrected chi connectivity index (χ0v) is 14.1. The molecule has 0 aliphatic heterocycles. The second-order valence-corrected chi connectivity index (χ2v) is 6.84. The number of tetrazole rings is 1. The predicted molar refractivity (Wildman–Crippen MR) is 92.9 cm³/mol. The van der Waals surface area contributed by atoms with Crippen molar-refractivity contribution in [2.45, 2.75) is 25.8 Å². The molecule has 0 saturated carbocycles. The maximum Gasteiger partial charge on any atom is 0.248 e. The van der Waals surface area contributed by atoms with Crippen LogP contribution in [0.25, 0.3) is 11.4 Å². The van der Waals surface area contributed by atoms with E-state index in [1.54, 1.807) is 0 Å². The summed E-state index contributed by atoms with van der Waals surface area (Å²) in [6.45, 7) is -0.0483. The van der Waals surface area contributed by atoms with E-state index in [1.165, 1.54) is 21.0 Å². The Bertz CT molecular complexity index is 969. The Morgan fingerprint density at radius 3 is 2.96 bits per heavy atom. The summed E-state index contributed by atoms with van der Waals surface area (Å²) in [6.07, 6.45) is 2.97. The molecule has 0 fully saturated rings. The summed E-state index contributed by atoms with van der Waals surface area (Å²) in [4.78, 5) is 14.7. The second-order valence-electron chi connectivity index (χ2n) is 5.73. The highest BCUT2D eigenvalue weighted by Gasteiger charge is 2.23. The molecule has 0 radical (unpaired) electrons. The Labute approximate surface area is 147 Å². The van der Waals surface area contributed by atoms with E-state index < -0.39 is 0 Å². The van der Waals surface area contributed by atoms with Crippen molar-refractivity contribution in [3.63, 3.8) is 0 Å². The minimum absolute atomic E-state index is 0.0483. The van der Waals surface area contributed by atoms with E-state index in [0.717, 1.165) is 30.4 Å². The van der Waals surface area contributed by atoms with Crippen molar-refractivity contribution in [2.75, 3.05) is 5.32 Å². The number of aryl methyl sites for hydroxylation is 1.